The maximum Gasteiger partial charge on any atom is 0.214 e. The van der Waals surface area contributed by atoms with Crippen molar-refractivity contribution in [3.05, 3.63) is 82.6 Å². The molecule has 148 valence electrons. The van der Waals surface area contributed by atoms with E-state index in [0.29, 0.717) is 28.2 Å². The predicted octanol–water partition coefficient (Wildman–Crippen LogP) is 4.41. The highest BCUT2D eigenvalue weighted by Gasteiger charge is 2.37. The Morgan fingerprint density at radius 2 is 1.97 bits per heavy atom. The zero-order chi connectivity index (χ0) is 20.6. The first kappa shape index (κ1) is 19.5. The van der Waals surface area contributed by atoms with Crippen LogP contribution in [-0.4, -0.2) is 29.9 Å². The summed E-state index contributed by atoms with van der Waals surface area (Å²) in [4.78, 5) is 15.2. The molecule has 3 heterocycles. The lowest BCUT2D eigenvalue weighted by molar-refractivity contribution is 0.584. The van der Waals surface area contributed by atoms with Crippen LogP contribution in [0.5, 0.6) is 0 Å². The van der Waals surface area contributed by atoms with Gasteiger partial charge in [-0.2, -0.15) is 4.39 Å². The van der Waals surface area contributed by atoms with Crippen LogP contribution >= 0.6 is 11.6 Å². The van der Waals surface area contributed by atoms with E-state index in [1.165, 1.54) is 18.3 Å². The number of rotatable bonds is 4. The molecule has 1 unspecified atom stereocenters. The van der Waals surface area contributed by atoms with Gasteiger partial charge in [0.2, 0.25) is 5.95 Å². The first-order chi connectivity index (χ1) is 13.8. The Labute approximate surface area is 172 Å². The fourth-order valence-electron chi connectivity index (χ4n) is 3.32. The number of aromatic amines is 1. The van der Waals surface area contributed by atoms with E-state index in [1.54, 1.807) is 37.3 Å². The Kier molecular flexibility index (Phi) is 5.06. The predicted molar refractivity (Wildman–Crippen MR) is 111 cm³/mol. The van der Waals surface area contributed by atoms with Gasteiger partial charge in [-0.25, -0.2) is 23.4 Å². The zero-order valence-electron chi connectivity index (χ0n) is 15.3. The first-order valence-corrected chi connectivity index (χ1v) is 10.8. The molecule has 0 radical (unpaired) electrons. The Bertz CT molecular complexity index is 1240. The van der Waals surface area contributed by atoms with Crippen LogP contribution < -0.4 is 0 Å². The van der Waals surface area contributed by atoms with Crippen molar-refractivity contribution in [2.45, 2.75) is 17.9 Å². The van der Waals surface area contributed by atoms with E-state index in [2.05, 4.69) is 20.0 Å². The van der Waals surface area contributed by atoms with E-state index in [9.17, 15) is 12.8 Å². The summed E-state index contributed by atoms with van der Waals surface area (Å²) in [6.07, 6.45) is 1.30. The Hall–Kier alpha value is -2.84. The number of amidine groups is 1. The van der Waals surface area contributed by atoms with Gasteiger partial charge in [-0.15, -0.1) is 0 Å². The van der Waals surface area contributed by atoms with Crippen molar-refractivity contribution in [3.8, 4) is 0 Å². The van der Waals surface area contributed by atoms with Crippen LogP contribution in [-0.2, 0) is 15.6 Å². The number of hydrogen-bond donors (Lipinski definition) is 1. The second-order valence-corrected chi connectivity index (χ2v) is 9.14. The second-order valence-electron chi connectivity index (χ2n) is 6.64. The summed E-state index contributed by atoms with van der Waals surface area (Å²) in [5, 5.41) is -0.702. The van der Waals surface area contributed by atoms with Gasteiger partial charge in [0, 0.05) is 23.5 Å². The molecule has 6 nitrogen and oxygen atoms in total. The highest BCUT2D eigenvalue weighted by Crippen LogP contribution is 2.35. The van der Waals surface area contributed by atoms with Crippen LogP contribution in [0.25, 0.3) is 0 Å². The molecule has 1 aliphatic heterocycles. The van der Waals surface area contributed by atoms with Gasteiger partial charge in [-0.05, 0) is 24.6 Å². The summed E-state index contributed by atoms with van der Waals surface area (Å²) >= 11 is 6.14. The van der Waals surface area contributed by atoms with Crippen LogP contribution in [0.15, 0.2) is 64.7 Å². The van der Waals surface area contributed by atoms with E-state index >= 15 is 0 Å². The molecule has 3 aromatic rings. The minimum absolute atomic E-state index is 0.135. The van der Waals surface area contributed by atoms with Gasteiger partial charge < -0.3 is 4.98 Å². The molecule has 1 atom stereocenters. The average Bonchev–Trinajstić information content (AvgIpc) is 3.03. The highest BCUT2D eigenvalue weighted by molar-refractivity contribution is 7.91. The van der Waals surface area contributed by atoms with Gasteiger partial charge in [0.25, 0.3) is 0 Å². The van der Waals surface area contributed by atoms with Gasteiger partial charge in [0.05, 0.1) is 17.1 Å². The Morgan fingerprint density at radius 3 is 2.69 bits per heavy atom. The van der Waals surface area contributed by atoms with Gasteiger partial charge in [0.15, 0.2) is 15.7 Å². The van der Waals surface area contributed by atoms with Crippen LogP contribution in [0.1, 0.15) is 29.0 Å². The summed E-state index contributed by atoms with van der Waals surface area (Å²) in [7, 11) is -3.63. The lowest BCUT2D eigenvalue weighted by Crippen LogP contribution is -2.28. The van der Waals surface area contributed by atoms with Crippen molar-refractivity contribution in [1.29, 1.82) is 0 Å². The molecule has 0 amide bonds. The molecule has 1 N–H and O–H groups in total. The number of aromatic nitrogens is 2. The molecule has 2 aromatic heterocycles. The third-order valence-electron chi connectivity index (χ3n) is 4.50. The normalized spacial score (nSPS) is 17.8. The molecular weight excluding hydrogens is 415 g/mol. The van der Waals surface area contributed by atoms with E-state index in [4.69, 9.17) is 11.6 Å². The maximum absolute atomic E-state index is 13.4. The van der Waals surface area contributed by atoms with Crippen molar-refractivity contribution >= 4 is 38.7 Å². The van der Waals surface area contributed by atoms with Crippen molar-refractivity contribution < 1.29 is 12.8 Å². The first-order valence-electron chi connectivity index (χ1n) is 8.73. The number of H-pyrrole nitrogens is 1. The van der Waals surface area contributed by atoms with Gasteiger partial charge >= 0.3 is 0 Å². The molecule has 0 bridgehead atoms. The zero-order valence-corrected chi connectivity index (χ0v) is 16.9. The van der Waals surface area contributed by atoms with Crippen LogP contribution in [0, 0.1) is 5.95 Å². The molecule has 1 aromatic carbocycles. The molecule has 9 heteroatoms. The minimum Gasteiger partial charge on any atom is -0.347 e. The number of aliphatic imine (C=N–C) groups is 2. The van der Waals surface area contributed by atoms with Crippen LogP contribution in [0.4, 0.5) is 10.1 Å². The summed E-state index contributed by atoms with van der Waals surface area (Å²) < 4.78 is 39.8. The molecule has 0 aliphatic carbocycles. The molecule has 0 saturated carbocycles. The number of nitrogens with zero attached hydrogens (tertiary/aromatic N) is 3. The fraction of sp³-hybridized carbons (Fsp3) is 0.150. The van der Waals surface area contributed by atoms with Crippen LogP contribution in [0.3, 0.4) is 0 Å². The minimum atomic E-state index is -3.63. The van der Waals surface area contributed by atoms with Crippen molar-refractivity contribution in [3.63, 3.8) is 0 Å². The maximum atomic E-state index is 13.4. The van der Waals surface area contributed by atoms with Gasteiger partial charge in [-0.3, -0.25) is 0 Å². The monoisotopic (exact) mass is 430 g/mol. The number of sulfone groups is 1. The molecule has 0 fully saturated rings. The summed E-state index contributed by atoms with van der Waals surface area (Å²) in [5.74, 6) is -0.542. The number of fused-ring (bicyclic) bond motifs is 1. The number of hydrogen-bond acceptors (Lipinski definition) is 4. The van der Waals surface area contributed by atoms with Gasteiger partial charge in [0.1, 0.15) is 10.4 Å². The summed E-state index contributed by atoms with van der Waals surface area (Å²) in [6, 6.07) is 13.2. The standard InChI is InChI=1S/C20H16ClFN4O2S/c1-12-19(29(27,28)11-13-5-3-2-4-6-13)18-15(10-16(21)26-18)20(24-12)25-14-7-8-23-17(22)9-14/h2-10,19,26H,11H2,1H3. The molecule has 4 rings (SSSR count). The quantitative estimate of drug-likeness (QED) is 0.622. The number of nitrogens with one attached hydrogen (secondary N) is 1. The van der Waals surface area contributed by atoms with E-state index in [-0.39, 0.29) is 16.7 Å². The summed E-state index contributed by atoms with van der Waals surface area (Å²) in [5.41, 5.74) is 2.25. The Morgan fingerprint density at radius 1 is 1.21 bits per heavy atom. The molecule has 1 aliphatic rings. The van der Waals surface area contributed by atoms with Crippen molar-refractivity contribution in [1.82, 2.24) is 9.97 Å². The summed E-state index contributed by atoms with van der Waals surface area (Å²) in [6.45, 7) is 1.63. The van der Waals surface area contributed by atoms with Crippen molar-refractivity contribution in [2.24, 2.45) is 9.98 Å². The number of halogens is 2. The SMILES string of the molecule is CC1=NC(=Nc2ccnc(F)c2)c2cc(Cl)[nH]c2C1S(=O)(=O)Cc1ccccc1. The fourth-order valence-corrected chi connectivity index (χ4v) is 5.47. The molecule has 29 heavy (non-hydrogen) atoms. The Balaban J connectivity index is 1.79. The average molecular weight is 431 g/mol. The highest BCUT2D eigenvalue weighted by atomic mass is 35.5. The van der Waals surface area contributed by atoms with Crippen molar-refractivity contribution in [2.75, 3.05) is 0 Å². The number of pyridine rings is 1. The van der Waals surface area contributed by atoms with E-state index < -0.39 is 21.0 Å². The molecule has 0 saturated heterocycles. The second kappa shape index (κ2) is 7.53. The van der Waals surface area contributed by atoms with Gasteiger partial charge in [-0.1, -0.05) is 41.9 Å². The topological polar surface area (TPSA) is 87.5 Å². The lowest BCUT2D eigenvalue weighted by Gasteiger charge is -2.22. The van der Waals surface area contributed by atoms with E-state index in [1.807, 2.05) is 6.07 Å². The molecular formula is C20H16ClFN4O2S. The smallest absolute Gasteiger partial charge is 0.214 e. The largest absolute Gasteiger partial charge is 0.347 e. The number of benzene rings is 1. The van der Waals surface area contributed by atoms with Crippen LogP contribution in [0.2, 0.25) is 5.15 Å². The molecule has 0 spiro atoms. The lowest BCUT2D eigenvalue weighted by atomic mass is 10.1. The third-order valence-corrected chi connectivity index (χ3v) is 6.73. The third kappa shape index (κ3) is 3.99. The van der Waals surface area contributed by atoms with E-state index in [0.717, 1.165) is 0 Å².